The van der Waals surface area contributed by atoms with Gasteiger partial charge in [-0.15, -0.1) is 0 Å². The van der Waals surface area contributed by atoms with Gasteiger partial charge < -0.3 is 10.0 Å². The van der Waals surface area contributed by atoms with E-state index in [1.54, 1.807) is 6.07 Å². The predicted octanol–water partition coefficient (Wildman–Crippen LogP) is 2.82. The van der Waals surface area contributed by atoms with Crippen LogP contribution in [0.1, 0.15) is 23.7 Å². The lowest BCUT2D eigenvalue weighted by atomic mass is 10.1. The number of rotatable bonds is 3. The zero-order valence-electron chi connectivity index (χ0n) is 11.6. The zero-order valence-corrected chi connectivity index (χ0v) is 13.2. The van der Waals surface area contributed by atoms with Gasteiger partial charge in [-0.05, 0) is 41.5 Å². The number of anilines is 1. The van der Waals surface area contributed by atoms with Gasteiger partial charge in [-0.1, -0.05) is 6.92 Å². The number of nitrogens with zero attached hydrogens (tertiary/aromatic N) is 2. The van der Waals surface area contributed by atoms with Crippen LogP contribution in [0.4, 0.5) is 10.1 Å². The largest absolute Gasteiger partial charge is 0.478 e. The Morgan fingerprint density at radius 1 is 1.50 bits per heavy atom. The van der Waals surface area contributed by atoms with Crippen molar-refractivity contribution in [3.05, 3.63) is 28.0 Å². The lowest BCUT2D eigenvalue weighted by Gasteiger charge is -2.40. The highest BCUT2D eigenvalue weighted by atomic mass is 79.9. The van der Waals surface area contributed by atoms with Crippen molar-refractivity contribution in [2.24, 2.45) is 0 Å². The molecule has 0 saturated carbocycles. The van der Waals surface area contributed by atoms with Crippen molar-refractivity contribution in [3.63, 3.8) is 0 Å². The molecule has 1 aliphatic heterocycles. The first-order chi connectivity index (χ1) is 9.45. The van der Waals surface area contributed by atoms with Gasteiger partial charge in [0.15, 0.2) is 5.82 Å². The van der Waals surface area contributed by atoms with Crippen molar-refractivity contribution < 1.29 is 14.3 Å². The molecule has 1 fully saturated rings. The average molecular weight is 345 g/mol. The second kappa shape index (κ2) is 6.10. The molecule has 1 saturated heterocycles. The van der Waals surface area contributed by atoms with Gasteiger partial charge in [0, 0.05) is 25.7 Å². The Hall–Kier alpha value is -1.14. The number of halogens is 2. The van der Waals surface area contributed by atoms with E-state index in [4.69, 9.17) is 5.11 Å². The molecule has 0 radical (unpaired) electrons. The molecule has 0 aliphatic carbocycles. The Labute approximate surface area is 126 Å². The Kier molecular flexibility index (Phi) is 4.65. The third kappa shape index (κ3) is 2.81. The molecule has 110 valence electrons. The molecule has 4 nitrogen and oxygen atoms in total. The minimum atomic E-state index is -1.13. The number of carbonyl (C=O) groups is 1. The van der Waals surface area contributed by atoms with Crippen LogP contribution in [0, 0.1) is 5.82 Å². The predicted molar refractivity (Wildman–Crippen MR) is 80.0 cm³/mol. The van der Waals surface area contributed by atoms with Crippen LogP contribution in [-0.4, -0.2) is 48.7 Å². The van der Waals surface area contributed by atoms with Crippen molar-refractivity contribution in [1.29, 1.82) is 0 Å². The summed E-state index contributed by atoms with van der Waals surface area (Å²) in [6, 6.07) is 3.40. The lowest BCUT2D eigenvalue weighted by molar-refractivity contribution is 0.0695. The van der Waals surface area contributed by atoms with Crippen LogP contribution in [-0.2, 0) is 0 Å². The zero-order chi connectivity index (χ0) is 14.9. The van der Waals surface area contributed by atoms with E-state index in [0.29, 0.717) is 11.7 Å². The van der Waals surface area contributed by atoms with Gasteiger partial charge in [0.2, 0.25) is 0 Å². The number of piperazine rings is 1. The maximum Gasteiger partial charge on any atom is 0.336 e. The average Bonchev–Trinajstić information content (AvgIpc) is 2.42. The summed E-state index contributed by atoms with van der Waals surface area (Å²) in [6.45, 7) is 4.48. The molecule has 0 amide bonds. The Balaban J connectivity index is 2.30. The third-order valence-corrected chi connectivity index (χ3v) is 4.66. The van der Waals surface area contributed by atoms with Crippen LogP contribution >= 0.6 is 15.9 Å². The molecule has 0 aromatic heterocycles. The van der Waals surface area contributed by atoms with E-state index in [0.717, 1.165) is 26.1 Å². The fourth-order valence-electron chi connectivity index (χ4n) is 2.55. The topological polar surface area (TPSA) is 43.8 Å². The second-order valence-corrected chi connectivity index (χ2v) is 5.85. The minimum Gasteiger partial charge on any atom is -0.478 e. The van der Waals surface area contributed by atoms with Gasteiger partial charge in [-0.2, -0.15) is 0 Å². The molecule has 1 unspecified atom stereocenters. The fraction of sp³-hybridized carbons (Fsp3) is 0.500. The fourth-order valence-corrected chi connectivity index (χ4v) is 3.06. The summed E-state index contributed by atoms with van der Waals surface area (Å²) in [5.74, 6) is -1.63. The molecule has 20 heavy (non-hydrogen) atoms. The Bertz CT molecular complexity index is 524. The summed E-state index contributed by atoms with van der Waals surface area (Å²) in [7, 11) is 2.07. The molecule has 1 N–H and O–H groups in total. The molecule has 1 aliphatic rings. The van der Waals surface area contributed by atoms with Crippen LogP contribution in [0.3, 0.4) is 0 Å². The molecule has 1 heterocycles. The van der Waals surface area contributed by atoms with E-state index in [-0.39, 0.29) is 10.0 Å². The van der Waals surface area contributed by atoms with Gasteiger partial charge in [0.05, 0.1) is 15.7 Å². The molecule has 1 aromatic rings. The third-order valence-electron chi connectivity index (χ3n) is 3.88. The Morgan fingerprint density at radius 3 is 2.80 bits per heavy atom. The number of hydrogen-bond acceptors (Lipinski definition) is 3. The van der Waals surface area contributed by atoms with E-state index in [1.807, 2.05) is 4.90 Å². The molecule has 0 bridgehead atoms. The highest BCUT2D eigenvalue weighted by molar-refractivity contribution is 9.10. The molecule has 1 atom stereocenters. The smallest absolute Gasteiger partial charge is 0.336 e. The maximum atomic E-state index is 14.4. The van der Waals surface area contributed by atoms with E-state index in [2.05, 4.69) is 34.8 Å². The van der Waals surface area contributed by atoms with Crippen LogP contribution in [0.15, 0.2) is 16.6 Å². The van der Waals surface area contributed by atoms with E-state index in [1.165, 1.54) is 6.07 Å². The minimum absolute atomic E-state index is 0.0227. The first kappa shape index (κ1) is 15.3. The summed E-state index contributed by atoms with van der Waals surface area (Å²) in [6.07, 6.45) is 1.00. The highest BCUT2D eigenvalue weighted by Gasteiger charge is 2.26. The second-order valence-electron chi connectivity index (χ2n) is 5.05. The van der Waals surface area contributed by atoms with E-state index < -0.39 is 11.8 Å². The highest BCUT2D eigenvalue weighted by Crippen LogP contribution is 2.31. The van der Waals surface area contributed by atoms with Gasteiger partial charge in [0.25, 0.3) is 0 Å². The van der Waals surface area contributed by atoms with Crippen molar-refractivity contribution in [1.82, 2.24) is 4.90 Å². The first-order valence-electron chi connectivity index (χ1n) is 6.62. The van der Waals surface area contributed by atoms with Crippen molar-refractivity contribution >= 4 is 27.6 Å². The summed E-state index contributed by atoms with van der Waals surface area (Å²) in [5.41, 5.74) is 0.417. The lowest BCUT2D eigenvalue weighted by Crippen LogP contribution is -2.51. The summed E-state index contributed by atoms with van der Waals surface area (Å²) >= 11 is 3.05. The SMILES string of the molecule is CCC1CN(c2ccc(C(=O)O)c(Br)c2F)CCN1C. The molecule has 0 spiro atoms. The van der Waals surface area contributed by atoms with Gasteiger partial charge in [0.1, 0.15) is 0 Å². The normalized spacial score (nSPS) is 20.2. The number of carboxylic acids is 1. The van der Waals surface area contributed by atoms with Crippen molar-refractivity contribution in [3.8, 4) is 0 Å². The monoisotopic (exact) mass is 344 g/mol. The number of aromatic carboxylic acids is 1. The number of likely N-dealkylation sites (N-methyl/N-ethyl adjacent to an activating group) is 1. The van der Waals surface area contributed by atoms with E-state index in [9.17, 15) is 9.18 Å². The molecule has 1 aromatic carbocycles. The van der Waals surface area contributed by atoms with Gasteiger partial charge in [-0.3, -0.25) is 4.90 Å². The summed E-state index contributed by atoms with van der Waals surface area (Å²) < 4.78 is 14.4. The van der Waals surface area contributed by atoms with Crippen LogP contribution < -0.4 is 4.90 Å². The van der Waals surface area contributed by atoms with E-state index >= 15 is 0 Å². The number of hydrogen-bond donors (Lipinski definition) is 1. The number of benzene rings is 1. The standard InChI is InChI=1S/C14H18BrFN2O2/c1-3-9-8-18(7-6-17(9)2)11-5-4-10(14(19)20)12(15)13(11)16/h4-5,9H,3,6-8H2,1-2H3,(H,19,20). The maximum absolute atomic E-state index is 14.4. The quantitative estimate of drug-likeness (QED) is 0.915. The van der Waals surface area contributed by atoms with Crippen LogP contribution in [0.25, 0.3) is 0 Å². The molecule has 6 heteroatoms. The molecular formula is C14H18BrFN2O2. The summed E-state index contributed by atoms with van der Waals surface area (Å²) in [5, 5.41) is 8.99. The van der Waals surface area contributed by atoms with Gasteiger partial charge in [-0.25, -0.2) is 9.18 Å². The van der Waals surface area contributed by atoms with Gasteiger partial charge >= 0.3 is 5.97 Å². The van der Waals surface area contributed by atoms with Crippen molar-refractivity contribution in [2.45, 2.75) is 19.4 Å². The summed E-state index contributed by atoms with van der Waals surface area (Å²) in [4.78, 5) is 15.2. The van der Waals surface area contributed by atoms with Crippen molar-refractivity contribution in [2.75, 3.05) is 31.6 Å². The molecular weight excluding hydrogens is 327 g/mol. The molecule has 2 rings (SSSR count). The number of carboxylic acid groups (broad SMARTS) is 1. The first-order valence-corrected chi connectivity index (χ1v) is 7.41. The van der Waals surface area contributed by atoms with Crippen LogP contribution in [0.2, 0.25) is 0 Å². The van der Waals surface area contributed by atoms with Crippen LogP contribution in [0.5, 0.6) is 0 Å². The Morgan fingerprint density at radius 2 is 2.20 bits per heavy atom.